The normalized spacial score (nSPS) is 8.40. The molecule has 0 amide bonds. The summed E-state index contributed by atoms with van der Waals surface area (Å²) in [6, 6.07) is 0. The third-order valence-electron chi connectivity index (χ3n) is 0.830. The van der Waals surface area contributed by atoms with Crippen LogP contribution in [-0.2, 0) is 0 Å². The maximum absolute atomic E-state index is 9.94. The Morgan fingerprint density at radius 1 is 1.80 bits per heavy atom. The monoisotopic (exact) mass is 164 g/mol. The van der Waals surface area contributed by atoms with Crippen molar-refractivity contribution in [2.45, 2.75) is 0 Å². The van der Waals surface area contributed by atoms with Crippen LogP contribution in [0.2, 0.25) is 0 Å². The van der Waals surface area contributed by atoms with Crippen LogP contribution < -0.4 is 5.73 Å². The lowest BCUT2D eigenvalue weighted by atomic mass is 10.5. The number of nitrogens with one attached hydrogen (secondary N) is 1. The van der Waals surface area contributed by atoms with Gasteiger partial charge in [0.2, 0.25) is 0 Å². The molecule has 10 heavy (non-hydrogen) atoms. The molecule has 56 valence electrons. The standard InChI is InChI=1S/C3H4N4O2.ClH/c4-2-1-5-6-3(2)7(8)9;/h1H,4H2,(H,5,6);1H. The number of H-pyrrole nitrogens is 1. The zero-order valence-electron chi connectivity index (χ0n) is 4.77. The molecule has 0 aliphatic heterocycles. The van der Waals surface area contributed by atoms with Gasteiger partial charge in [-0.2, -0.15) is 0 Å². The number of aromatic nitrogens is 2. The molecule has 0 unspecified atom stereocenters. The second kappa shape index (κ2) is 3.02. The van der Waals surface area contributed by atoms with Crippen molar-refractivity contribution in [2.75, 3.05) is 5.73 Å². The lowest BCUT2D eigenvalue weighted by Gasteiger charge is -1.87. The highest BCUT2D eigenvalue weighted by Crippen LogP contribution is 2.13. The molecule has 0 fully saturated rings. The van der Waals surface area contributed by atoms with E-state index < -0.39 is 4.92 Å². The Bertz CT molecular complexity index is 234. The first-order chi connectivity index (χ1) is 4.22. The minimum Gasteiger partial charge on any atom is -0.391 e. The quantitative estimate of drug-likeness (QED) is 0.461. The van der Waals surface area contributed by atoms with E-state index in [1.165, 1.54) is 6.20 Å². The molecule has 0 saturated heterocycles. The highest BCUT2D eigenvalue weighted by Gasteiger charge is 2.09. The van der Waals surface area contributed by atoms with E-state index in [2.05, 4.69) is 10.2 Å². The number of halogens is 1. The fraction of sp³-hybridized carbons (Fsp3) is 0. The SMILES string of the molecule is Cl.Nc1cn[nH]c1[N+](=O)[O-]. The summed E-state index contributed by atoms with van der Waals surface area (Å²) in [6.45, 7) is 0. The Kier molecular flexibility index (Phi) is 2.63. The van der Waals surface area contributed by atoms with Gasteiger partial charge in [0.1, 0.15) is 6.20 Å². The molecule has 0 atom stereocenters. The minimum atomic E-state index is -0.623. The zero-order chi connectivity index (χ0) is 6.85. The van der Waals surface area contributed by atoms with Gasteiger partial charge in [0.05, 0.1) is 0 Å². The summed E-state index contributed by atoms with van der Waals surface area (Å²) in [4.78, 5) is 9.31. The Hall–Kier alpha value is -1.30. The van der Waals surface area contributed by atoms with E-state index >= 15 is 0 Å². The molecule has 3 N–H and O–H groups in total. The van der Waals surface area contributed by atoms with Crippen LogP contribution in [0.15, 0.2) is 6.20 Å². The van der Waals surface area contributed by atoms with Crippen LogP contribution in [0.5, 0.6) is 0 Å². The third kappa shape index (κ3) is 1.35. The zero-order valence-corrected chi connectivity index (χ0v) is 5.59. The van der Waals surface area contributed by atoms with Gasteiger partial charge in [-0.25, -0.2) is 0 Å². The fourth-order valence-corrected chi connectivity index (χ4v) is 0.435. The molecule has 0 spiro atoms. The summed E-state index contributed by atoms with van der Waals surface area (Å²) < 4.78 is 0. The molecular formula is C3H5ClN4O2. The van der Waals surface area contributed by atoms with Crippen molar-refractivity contribution in [1.29, 1.82) is 0 Å². The smallest absolute Gasteiger partial charge is 0.365 e. The Balaban J connectivity index is 0.000000810. The molecule has 1 heterocycles. The lowest BCUT2D eigenvalue weighted by Crippen LogP contribution is -1.92. The molecule has 0 bridgehead atoms. The number of nitrogen functional groups attached to an aromatic ring is 1. The number of nitrogens with two attached hydrogens (primary N) is 1. The third-order valence-corrected chi connectivity index (χ3v) is 0.830. The van der Waals surface area contributed by atoms with Crippen molar-refractivity contribution >= 4 is 23.9 Å². The number of rotatable bonds is 1. The maximum atomic E-state index is 9.94. The molecule has 6 nitrogen and oxygen atoms in total. The van der Waals surface area contributed by atoms with Gasteiger partial charge in [0, 0.05) is 0 Å². The highest BCUT2D eigenvalue weighted by atomic mass is 35.5. The van der Waals surface area contributed by atoms with E-state index in [1.807, 2.05) is 0 Å². The average molecular weight is 165 g/mol. The van der Waals surface area contributed by atoms with Gasteiger partial charge >= 0.3 is 5.82 Å². The van der Waals surface area contributed by atoms with E-state index in [-0.39, 0.29) is 23.9 Å². The molecular weight excluding hydrogens is 160 g/mol. The Morgan fingerprint density at radius 3 is 2.60 bits per heavy atom. The topological polar surface area (TPSA) is 97.8 Å². The molecule has 1 aromatic rings. The number of anilines is 1. The first-order valence-electron chi connectivity index (χ1n) is 2.15. The average Bonchev–Trinajstić information content (AvgIpc) is 2.13. The molecule has 0 saturated carbocycles. The maximum Gasteiger partial charge on any atom is 0.365 e. The van der Waals surface area contributed by atoms with E-state index in [9.17, 15) is 10.1 Å². The number of nitro groups is 1. The van der Waals surface area contributed by atoms with Gasteiger partial charge in [0.15, 0.2) is 5.69 Å². The van der Waals surface area contributed by atoms with Gasteiger partial charge in [-0.3, -0.25) is 0 Å². The molecule has 0 aromatic carbocycles. The van der Waals surface area contributed by atoms with E-state index in [0.717, 1.165) is 0 Å². The molecule has 1 aromatic heterocycles. The minimum absolute atomic E-state index is 0. The molecule has 0 radical (unpaired) electrons. The number of aromatic amines is 1. The van der Waals surface area contributed by atoms with Crippen molar-refractivity contribution in [1.82, 2.24) is 10.2 Å². The predicted molar refractivity (Wildman–Crippen MR) is 36.9 cm³/mol. The van der Waals surface area contributed by atoms with Crippen molar-refractivity contribution in [3.8, 4) is 0 Å². The first-order valence-corrected chi connectivity index (χ1v) is 2.15. The van der Waals surface area contributed by atoms with Gasteiger partial charge < -0.3 is 15.8 Å². The van der Waals surface area contributed by atoms with Gasteiger partial charge in [-0.05, 0) is 4.92 Å². The van der Waals surface area contributed by atoms with Crippen molar-refractivity contribution in [3.63, 3.8) is 0 Å². The second-order valence-electron chi connectivity index (χ2n) is 1.43. The van der Waals surface area contributed by atoms with Crippen molar-refractivity contribution in [3.05, 3.63) is 16.3 Å². The van der Waals surface area contributed by atoms with E-state index in [0.29, 0.717) is 0 Å². The van der Waals surface area contributed by atoms with Crippen LogP contribution in [-0.4, -0.2) is 15.1 Å². The second-order valence-corrected chi connectivity index (χ2v) is 1.43. The summed E-state index contributed by atoms with van der Waals surface area (Å²) in [5, 5.41) is 15.4. The van der Waals surface area contributed by atoms with Gasteiger partial charge in [-0.15, -0.1) is 17.5 Å². The Morgan fingerprint density at radius 2 is 2.40 bits per heavy atom. The molecule has 1 rings (SSSR count). The fourth-order valence-electron chi connectivity index (χ4n) is 0.435. The summed E-state index contributed by atoms with van der Waals surface area (Å²) in [5.41, 5.74) is 5.16. The van der Waals surface area contributed by atoms with Crippen LogP contribution in [0.4, 0.5) is 11.5 Å². The summed E-state index contributed by atoms with van der Waals surface area (Å²) >= 11 is 0. The van der Waals surface area contributed by atoms with E-state index in [1.54, 1.807) is 0 Å². The largest absolute Gasteiger partial charge is 0.391 e. The Labute approximate surface area is 62.0 Å². The number of hydrogen-bond acceptors (Lipinski definition) is 4. The van der Waals surface area contributed by atoms with E-state index in [4.69, 9.17) is 5.73 Å². The summed E-state index contributed by atoms with van der Waals surface area (Å²) in [7, 11) is 0. The number of nitrogens with zero attached hydrogens (tertiary/aromatic N) is 2. The first kappa shape index (κ1) is 8.70. The van der Waals surface area contributed by atoms with Crippen molar-refractivity contribution < 1.29 is 4.92 Å². The predicted octanol–water partition coefficient (Wildman–Crippen LogP) is 0.322. The van der Waals surface area contributed by atoms with Crippen molar-refractivity contribution in [2.24, 2.45) is 0 Å². The van der Waals surface area contributed by atoms with Crippen LogP contribution >= 0.6 is 12.4 Å². The van der Waals surface area contributed by atoms with Crippen LogP contribution in [0.3, 0.4) is 0 Å². The summed E-state index contributed by atoms with van der Waals surface area (Å²) in [6.07, 6.45) is 1.19. The lowest BCUT2D eigenvalue weighted by molar-refractivity contribution is -0.388. The number of hydrogen-bond donors (Lipinski definition) is 2. The van der Waals surface area contributed by atoms with Gasteiger partial charge in [0.25, 0.3) is 0 Å². The summed E-state index contributed by atoms with van der Waals surface area (Å²) in [5.74, 6) is -0.255. The van der Waals surface area contributed by atoms with Crippen LogP contribution in [0, 0.1) is 10.1 Å². The molecule has 0 aliphatic carbocycles. The highest BCUT2D eigenvalue weighted by molar-refractivity contribution is 5.85. The van der Waals surface area contributed by atoms with Gasteiger partial charge in [-0.1, -0.05) is 5.10 Å². The molecule has 0 aliphatic rings. The van der Waals surface area contributed by atoms with Crippen LogP contribution in [0.1, 0.15) is 0 Å². The van der Waals surface area contributed by atoms with Crippen LogP contribution in [0.25, 0.3) is 0 Å². The molecule has 7 heteroatoms.